The summed E-state index contributed by atoms with van der Waals surface area (Å²) >= 11 is 0. The third kappa shape index (κ3) is 6.31. The van der Waals surface area contributed by atoms with E-state index in [1.165, 1.54) is 11.1 Å². The van der Waals surface area contributed by atoms with Gasteiger partial charge in [0.25, 0.3) is 0 Å². The smallest absolute Gasteiger partial charge is 0.158 e. The molecule has 0 aliphatic heterocycles. The van der Waals surface area contributed by atoms with Crippen molar-refractivity contribution < 1.29 is 9.90 Å². The van der Waals surface area contributed by atoms with Gasteiger partial charge in [-0.1, -0.05) is 29.4 Å². The monoisotopic (exact) mass is 304 g/mol. The van der Waals surface area contributed by atoms with Crippen molar-refractivity contribution >= 4 is 5.78 Å². The van der Waals surface area contributed by atoms with E-state index in [4.69, 9.17) is 0 Å². The van der Waals surface area contributed by atoms with E-state index < -0.39 is 5.60 Å². The van der Waals surface area contributed by atoms with Crippen LogP contribution in [0.3, 0.4) is 0 Å². The molecular formula is C20H32O2. The summed E-state index contributed by atoms with van der Waals surface area (Å²) in [5.41, 5.74) is 2.83. The summed E-state index contributed by atoms with van der Waals surface area (Å²) in [5.74, 6) is 0.244. The molecule has 1 unspecified atom stereocenters. The van der Waals surface area contributed by atoms with Gasteiger partial charge in [-0.3, -0.25) is 4.79 Å². The van der Waals surface area contributed by atoms with Crippen LogP contribution in [0.15, 0.2) is 34.9 Å². The van der Waals surface area contributed by atoms with Crippen LogP contribution in [0.5, 0.6) is 0 Å². The number of allylic oxidation sites excluding steroid dienone is 6. The Hall–Kier alpha value is -1.15. The van der Waals surface area contributed by atoms with Crippen molar-refractivity contribution in [3.8, 4) is 0 Å². The number of hydrogen-bond donors (Lipinski definition) is 1. The molecule has 1 aliphatic rings. The van der Waals surface area contributed by atoms with E-state index in [1.54, 1.807) is 0 Å². The van der Waals surface area contributed by atoms with Gasteiger partial charge in [-0.05, 0) is 78.2 Å². The minimum Gasteiger partial charge on any atom is -0.390 e. The molecule has 0 bridgehead atoms. The molecule has 2 nitrogen and oxygen atoms in total. The molecule has 0 fully saturated rings. The van der Waals surface area contributed by atoms with E-state index in [0.29, 0.717) is 6.42 Å². The molecule has 0 heterocycles. The first-order chi connectivity index (χ1) is 10.2. The lowest BCUT2D eigenvalue weighted by atomic mass is 9.76. The molecule has 22 heavy (non-hydrogen) atoms. The summed E-state index contributed by atoms with van der Waals surface area (Å²) in [4.78, 5) is 11.8. The lowest BCUT2D eigenvalue weighted by Crippen LogP contribution is -2.37. The van der Waals surface area contributed by atoms with Gasteiger partial charge < -0.3 is 5.11 Å². The average molecular weight is 304 g/mol. The van der Waals surface area contributed by atoms with Crippen molar-refractivity contribution in [2.75, 3.05) is 0 Å². The molecule has 0 aromatic heterocycles. The standard InChI is InChI=1S/C20H32O2/c1-15(2)8-6-9-16(3)10-7-13-20(5,22)18-12-11-17(4)19(21)14-18/h8,10-11,18,22H,6-7,9,12-14H2,1-5H3/b16-10+/t18-,20?/m1/s1. The molecule has 2 heteroatoms. The molecule has 0 spiro atoms. The Morgan fingerprint density at radius 1 is 1.32 bits per heavy atom. The fourth-order valence-electron chi connectivity index (χ4n) is 2.88. The molecule has 0 saturated carbocycles. The summed E-state index contributed by atoms with van der Waals surface area (Å²) in [7, 11) is 0. The highest BCUT2D eigenvalue weighted by Gasteiger charge is 2.34. The van der Waals surface area contributed by atoms with Gasteiger partial charge in [-0.25, -0.2) is 0 Å². The molecule has 2 atom stereocenters. The Balaban J connectivity index is 2.45. The van der Waals surface area contributed by atoms with Crippen LogP contribution in [-0.2, 0) is 4.79 Å². The van der Waals surface area contributed by atoms with Crippen LogP contribution in [0.2, 0.25) is 0 Å². The highest BCUT2D eigenvalue weighted by molar-refractivity contribution is 5.95. The fourth-order valence-corrected chi connectivity index (χ4v) is 2.88. The SMILES string of the molecule is CC(C)=CCC/C(C)=C/CCC(C)(O)[C@@H]1CC=C(C)C(=O)C1. The Morgan fingerprint density at radius 3 is 2.59 bits per heavy atom. The maximum atomic E-state index is 11.8. The van der Waals surface area contributed by atoms with Gasteiger partial charge >= 0.3 is 0 Å². The zero-order valence-corrected chi connectivity index (χ0v) is 14.9. The van der Waals surface area contributed by atoms with Gasteiger partial charge in [-0.15, -0.1) is 0 Å². The third-order valence-electron chi connectivity index (χ3n) is 4.69. The van der Waals surface area contributed by atoms with E-state index in [1.807, 2.05) is 19.9 Å². The van der Waals surface area contributed by atoms with Crippen LogP contribution in [0.1, 0.15) is 73.1 Å². The highest BCUT2D eigenvalue weighted by atomic mass is 16.3. The van der Waals surface area contributed by atoms with Gasteiger partial charge in [0, 0.05) is 6.42 Å². The van der Waals surface area contributed by atoms with Crippen molar-refractivity contribution in [2.24, 2.45) is 5.92 Å². The highest BCUT2D eigenvalue weighted by Crippen LogP contribution is 2.33. The second kappa shape index (κ2) is 8.47. The Morgan fingerprint density at radius 2 is 2.00 bits per heavy atom. The predicted molar refractivity (Wildman–Crippen MR) is 93.8 cm³/mol. The van der Waals surface area contributed by atoms with Crippen LogP contribution < -0.4 is 0 Å². The first-order valence-electron chi connectivity index (χ1n) is 8.43. The molecule has 1 rings (SSSR count). The average Bonchev–Trinajstić information content (AvgIpc) is 2.41. The zero-order valence-electron chi connectivity index (χ0n) is 14.9. The second-order valence-corrected chi connectivity index (χ2v) is 7.21. The van der Waals surface area contributed by atoms with Gasteiger partial charge in [0.05, 0.1) is 5.60 Å². The van der Waals surface area contributed by atoms with Crippen LogP contribution >= 0.6 is 0 Å². The molecular weight excluding hydrogens is 272 g/mol. The summed E-state index contributed by atoms with van der Waals surface area (Å²) in [6.07, 6.45) is 11.5. The second-order valence-electron chi connectivity index (χ2n) is 7.21. The van der Waals surface area contributed by atoms with Crippen LogP contribution in [0, 0.1) is 5.92 Å². The Labute approximate surface area is 136 Å². The predicted octanol–water partition coefficient (Wildman–Crippen LogP) is 5.14. The van der Waals surface area contributed by atoms with Gasteiger partial charge in [0.1, 0.15) is 0 Å². The number of Topliss-reactive ketones (excluding diaryl/α,β-unsaturated/α-hetero) is 1. The topological polar surface area (TPSA) is 37.3 Å². The first kappa shape index (κ1) is 18.9. The molecule has 0 aromatic carbocycles. The largest absolute Gasteiger partial charge is 0.390 e. The maximum Gasteiger partial charge on any atom is 0.158 e. The number of carbonyl (C=O) groups excluding carboxylic acids is 1. The van der Waals surface area contributed by atoms with E-state index in [0.717, 1.165) is 37.7 Å². The molecule has 1 N–H and O–H groups in total. The molecule has 124 valence electrons. The Kier molecular flexibility index (Phi) is 7.28. The van der Waals surface area contributed by atoms with Crippen molar-refractivity contribution in [2.45, 2.75) is 78.7 Å². The molecule has 0 aromatic rings. The minimum atomic E-state index is -0.760. The minimum absolute atomic E-state index is 0.0584. The summed E-state index contributed by atoms with van der Waals surface area (Å²) in [6.45, 7) is 10.1. The number of rotatable bonds is 7. The third-order valence-corrected chi connectivity index (χ3v) is 4.69. The Bertz CT molecular complexity index is 474. The van der Waals surface area contributed by atoms with Crippen molar-refractivity contribution in [3.05, 3.63) is 34.9 Å². The fraction of sp³-hybridized carbons (Fsp3) is 0.650. The molecule has 1 aliphatic carbocycles. The lowest BCUT2D eigenvalue weighted by Gasteiger charge is -2.34. The van der Waals surface area contributed by atoms with Crippen molar-refractivity contribution in [1.29, 1.82) is 0 Å². The van der Waals surface area contributed by atoms with Gasteiger partial charge in [0.2, 0.25) is 0 Å². The summed E-state index contributed by atoms with van der Waals surface area (Å²) in [5, 5.41) is 10.7. The normalized spacial score (nSPS) is 22.1. The van der Waals surface area contributed by atoms with Crippen LogP contribution in [0.25, 0.3) is 0 Å². The number of carbonyl (C=O) groups is 1. The van der Waals surface area contributed by atoms with Crippen molar-refractivity contribution in [1.82, 2.24) is 0 Å². The zero-order chi connectivity index (χ0) is 16.8. The number of aliphatic hydroxyl groups is 1. The van der Waals surface area contributed by atoms with Crippen LogP contribution in [0.4, 0.5) is 0 Å². The van der Waals surface area contributed by atoms with Gasteiger partial charge in [0.15, 0.2) is 5.78 Å². The van der Waals surface area contributed by atoms with E-state index in [2.05, 4.69) is 32.9 Å². The molecule has 0 amide bonds. The lowest BCUT2D eigenvalue weighted by molar-refractivity contribution is -0.119. The number of hydrogen-bond acceptors (Lipinski definition) is 2. The maximum absolute atomic E-state index is 11.8. The van der Waals surface area contributed by atoms with Gasteiger partial charge in [-0.2, -0.15) is 0 Å². The van der Waals surface area contributed by atoms with E-state index >= 15 is 0 Å². The van der Waals surface area contributed by atoms with Crippen molar-refractivity contribution in [3.63, 3.8) is 0 Å². The molecule has 0 radical (unpaired) electrons. The van der Waals surface area contributed by atoms with Crippen LogP contribution in [-0.4, -0.2) is 16.5 Å². The van der Waals surface area contributed by atoms with E-state index in [-0.39, 0.29) is 11.7 Å². The molecule has 0 saturated heterocycles. The first-order valence-corrected chi connectivity index (χ1v) is 8.43. The quantitative estimate of drug-likeness (QED) is 0.662. The summed E-state index contributed by atoms with van der Waals surface area (Å²) < 4.78 is 0. The van der Waals surface area contributed by atoms with E-state index in [9.17, 15) is 9.90 Å². The number of ketones is 1. The summed E-state index contributed by atoms with van der Waals surface area (Å²) in [6, 6.07) is 0.